The number of carbonyl (C=O) groups excluding carboxylic acids is 1. The molecule has 0 aliphatic carbocycles. The molecule has 3 nitrogen and oxygen atoms in total. The minimum Gasteiger partial charge on any atom is -0.290 e. The third-order valence-corrected chi connectivity index (χ3v) is 2.89. The normalized spacial score (nSPS) is 10.1. The van der Waals surface area contributed by atoms with Crippen molar-refractivity contribution >= 4 is 5.91 Å². The summed E-state index contributed by atoms with van der Waals surface area (Å²) in [6.07, 6.45) is 1.97. The summed E-state index contributed by atoms with van der Waals surface area (Å²) in [7, 11) is 0. The van der Waals surface area contributed by atoms with Gasteiger partial charge in [0.2, 0.25) is 0 Å². The summed E-state index contributed by atoms with van der Waals surface area (Å²) >= 11 is 0. The van der Waals surface area contributed by atoms with E-state index in [2.05, 4.69) is 17.6 Å². The van der Waals surface area contributed by atoms with Crippen molar-refractivity contribution in [2.24, 2.45) is 5.84 Å². The molecule has 0 heterocycles. The van der Waals surface area contributed by atoms with Gasteiger partial charge in [-0.05, 0) is 36.1 Å². The van der Waals surface area contributed by atoms with Crippen LogP contribution in [-0.2, 0) is 12.8 Å². The molecule has 0 fully saturated rings. The molecular formula is C15H16N2O. The van der Waals surface area contributed by atoms with E-state index in [1.807, 2.05) is 30.3 Å². The Kier molecular flexibility index (Phi) is 4.10. The van der Waals surface area contributed by atoms with Gasteiger partial charge in [0.15, 0.2) is 0 Å². The van der Waals surface area contributed by atoms with Crippen molar-refractivity contribution in [3.63, 3.8) is 0 Å². The van der Waals surface area contributed by atoms with E-state index in [1.54, 1.807) is 12.1 Å². The number of benzene rings is 2. The first-order chi connectivity index (χ1) is 8.79. The van der Waals surface area contributed by atoms with Gasteiger partial charge in [-0.2, -0.15) is 0 Å². The van der Waals surface area contributed by atoms with Gasteiger partial charge in [-0.3, -0.25) is 10.2 Å². The Balaban J connectivity index is 1.97. The zero-order chi connectivity index (χ0) is 12.8. The number of hydrazine groups is 1. The molecule has 0 radical (unpaired) electrons. The van der Waals surface area contributed by atoms with Gasteiger partial charge < -0.3 is 0 Å². The van der Waals surface area contributed by atoms with Gasteiger partial charge >= 0.3 is 0 Å². The number of hydrogen-bond donors (Lipinski definition) is 2. The Bertz CT molecular complexity index is 506. The van der Waals surface area contributed by atoms with Crippen LogP contribution in [-0.4, -0.2) is 5.91 Å². The summed E-state index contributed by atoms with van der Waals surface area (Å²) in [6.45, 7) is 0. The SMILES string of the molecule is NNC(=O)c1ccc(CCc2ccccc2)cc1. The summed E-state index contributed by atoms with van der Waals surface area (Å²) in [6, 6.07) is 17.9. The third kappa shape index (κ3) is 3.18. The summed E-state index contributed by atoms with van der Waals surface area (Å²) < 4.78 is 0. The van der Waals surface area contributed by atoms with Crippen LogP contribution in [0.5, 0.6) is 0 Å². The average molecular weight is 240 g/mol. The number of carbonyl (C=O) groups is 1. The van der Waals surface area contributed by atoms with Crippen LogP contribution in [0.2, 0.25) is 0 Å². The minimum absolute atomic E-state index is 0.260. The second kappa shape index (κ2) is 5.98. The molecule has 0 unspecified atom stereocenters. The number of nitrogen functional groups attached to an aromatic ring is 1. The number of nitrogens with one attached hydrogen (secondary N) is 1. The fraction of sp³-hybridized carbons (Fsp3) is 0.133. The lowest BCUT2D eigenvalue weighted by Gasteiger charge is -2.04. The molecule has 3 N–H and O–H groups in total. The van der Waals surface area contributed by atoms with E-state index in [0.29, 0.717) is 5.56 Å². The van der Waals surface area contributed by atoms with Crippen molar-refractivity contribution in [3.05, 3.63) is 71.3 Å². The molecule has 0 saturated carbocycles. The number of hydrogen-bond acceptors (Lipinski definition) is 2. The van der Waals surface area contributed by atoms with Crippen LogP contribution in [0.25, 0.3) is 0 Å². The van der Waals surface area contributed by atoms with Gasteiger partial charge in [-0.1, -0.05) is 42.5 Å². The van der Waals surface area contributed by atoms with Crippen molar-refractivity contribution in [1.29, 1.82) is 0 Å². The first-order valence-corrected chi connectivity index (χ1v) is 5.93. The molecule has 0 atom stereocenters. The third-order valence-electron chi connectivity index (χ3n) is 2.89. The highest BCUT2D eigenvalue weighted by molar-refractivity contribution is 5.93. The van der Waals surface area contributed by atoms with Crippen LogP contribution in [0.15, 0.2) is 54.6 Å². The Morgan fingerprint density at radius 2 is 1.44 bits per heavy atom. The highest BCUT2D eigenvalue weighted by Gasteiger charge is 2.02. The fourth-order valence-corrected chi connectivity index (χ4v) is 1.84. The number of rotatable bonds is 4. The van der Waals surface area contributed by atoms with E-state index < -0.39 is 0 Å². The fourth-order valence-electron chi connectivity index (χ4n) is 1.84. The minimum atomic E-state index is -0.260. The number of nitrogens with two attached hydrogens (primary N) is 1. The first-order valence-electron chi connectivity index (χ1n) is 5.93. The van der Waals surface area contributed by atoms with Crippen molar-refractivity contribution in [3.8, 4) is 0 Å². The molecule has 0 saturated heterocycles. The van der Waals surface area contributed by atoms with Crippen molar-refractivity contribution in [2.75, 3.05) is 0 Å². The maximum atomic E-state index is 11.3. The standard InChI is InChI=1S/C15H16N2O/c16-17-15(18)14-10-8-13(9-11-14)7-6-12-4-2-1-3-5-12/h1-5,8-11H,6-7,16H2,(H,17,18). The molecule has 0 aliphatic rings. The molecule has 2 aromatic rings. The van der Waals surface area contributed by atoms with Crippen LogP contribution in [0.1, 0.15) is 21.5 Å². The second-order valence-electron chi connectivity index (χ2n) is 4.16. The van der Waals surface area contributed by atoms with E-state index in [-0.39, 0.29) is 5.91 Å². The van der Waals surface area contributed by atoms with E-state index >= 15 is 0 Å². The van der Waals surface area contributed by atoms with Crippen molar-refractivity contribution in [1.82, 2.24) is 5.43 Å². The molecule has 2 aromatic carbocycles. The van der Waals surface area contributed by atoms with E-state index in [9.17, 15) is 4.79 Å². The molecule has 0 aliphatic heterocycles. The summed E-state index contributed by atoms with van der Waals surface area (Å²) in [5.74, 6) is 4.82. The average Bonchev–Trinajstić information content (AvgIpc) is 2.46. The van der Waals surface area contributed by atoms with Gasteiger partial charge in [0.25, 0.3) is 5.91 Å². The first kappa shape index (κ1) is 12.3. The molecule has 1 amide bonds. The Morgan fingerprint density at radius 1 is 0.889 bits per heavy atom. The van der Waals surface area contributed by atoms with E-state index in [0.717, 1.165) is 12.8 Å². The maximum Gasteiger partial charge on any atom is 0.265 e. The van der Waals surface area contributed by atoms with Crippen LogP contribution in [0.4, 0.5) is 0 Å². The van der Waals surface area contributed by atoms with Gasteiger partial charge in [0, 0.05) is 5.56 Å². The molecule has 0 spiro atoms. The smallest absolute Gasteiger partial charge is 0.265 e. The molecular weight excluding hydrogens is 224 g/mol. The lowest BCUT2D eigenvalue weighted by atomic mass is 10.0. The van der Waals surface area contributed by atoms with Crippen LogP contribution in [0.3, 0.4) is 0 Å². The molecule has 3 heteroatoms. The molecule has 0 aromatic heterocycles. The monoisotopic (exact) mass is 240 g/mol. The van der Waals surface area contributed by atoms with Crippen LogP contribution < -0.4 is 11.3 Å². The predicted molar refractivity (Wildman–Crippen MR) is 71.9 cm³/mol. The predicted octanol–water partition coefficient (Wildman–Crippen LogP) is 2.08. The van der Waals surface area contributed by atoms with Crippen LogP contribution >= 0.6 is 0 Å². The largest absolute Gasteiger partial charge is 0.290 e. The Hall–Kier alpha value is -2.13. The van der Waals surface area contributed by atoms with Crippen LogP contribution in [0, 0.1) is 0 Å². The Morgan fingerprint density at radius 3 is 2.00 bits per heavy atom. The van der Waals surface area contributed by atoms with Crippen molar-refractivity contribution < 1.29 is 4.79 Å². The summed E-state index contributed by atoms with van der Waals surface area (Å²) in [5, 5.41) is 0. The molecule has 92 valence electrons. The zero-order valence-corrected chi connectivity index (χ0v) is 10.1. The quantitative estimate of drug-likeness (QED) is 0.488. The number of aryl methyl sites for hydroxylation is 2. The lowest BCUT2D eigenvalue weighted by Crippen LogP contribution is -2.29. The van der Waals surface area contributed by atoms with Gasteiger partial charge in [-0.15, -0.1) is 0 Å². The van der Waals surface area contributed by atoms with Gasteiger partial charge in [0.1, 0.15) is 0 Å². The van der Waals surface area contributed by atoms with Gasteiger partial charge in [0.05, 0.1) is 0 Å². The number of amides is 1. The van der Waals surface area contributed by atoms with E-state index in [1.165, 1.54) is 11.1 Å². The van der Waals surface area contributed by atoms with Gasteiger partial charge in [-0.25, -0.2) is 5.84 Å². The highest BCUT2D eigenvalue weighted by atomic mass is 16.2. The lowest BCUT2D eigenvalue weighted by molar-refractivity contribution is 0.0953. The summed E-state index contributed by atoms with van der Waals surface area (Å²) in [4.78, 5) is 11.3. The zero-order valence-electron chi connectivity index (χ0n) is 10.1. The highest BCUT2D eigenvalue weighted by Crippen LogP contribution is 2.09. The Labute approximate surface area is 107 Å². The molecule has 2 rings (SSSR count). The summed E-state index contributed by atoms with van der Waals surface area (Å²) in [5.41, 5.74) is 5.24. The molecule has 18 heavy (non-hydrogen) atoms. The second-order valence-corrected chi connectivity index (χ2v) is 4.16. The topological polar surface area (TPSA) is 55.1 Å². The van der Waals surface area contributed by atoms with E-state index in [4.69, 9.17) is 5.84 Å². The molecule has 0 bridgehead atoms. The van der Waals surface area contributed by atoms with Crippen molar-refractivity contribution in [2.45, 2.75) is 12.8 Å². The maximum absolute atomic E-state index is 11.3.